The summed E-state index contributed by atoms with van der Waals surface area (Å²) in [5.74, 6) is -1.58. The third-order valence-corrected chi connectivity index (χ3v) is 2.83. The molecule has 20 heavy (non-hydrogen) atoms. The Balaban J connectivity index is 2.41. The molecule has 0 amide bonds. The molecule has 2 rings (SSSR count). The van der Waals surface area contributed by atoms with Crippen LogP contribution in [0.15, 0.2) is 36.4 Å². The molecule has 0 aliphatic heterocycles. The lowest BCUT2D eigenvalue weighted by Gasteiger charge is -2.07. The van der Waals surface area contributed by atoms with Crippen LogP contribution in [0.3, 0.4) is 0 Å². The van der Waals surface area contributed by atoms with Gasteiger partial charge in [-0.3, -0.25) is 4.79 Å². The summed E-state index contributed by atoms with van der Waals surface area (Å²) in [7, 11) is 2.70. The average Bonchev–Trinajstić information content (AvgIpc) is 2.47. The lowest BCUT2D eigenvalue weighted by Crippen LogP contribution is -2.05. The Morgan fingerprint density at radius 2 is 1.70 bits per heavy atom. The molecule has 0 fully saturated rings. The smallest absolute Gasteiger partial charge is 0.196 e. The predicted octanol–water partition coefficient (Wildman–Crippen LogP) is 3.21. The van der Waals surface area contributed by atoms with E-state index in [9.17, 15) is 13.6 Å². The highest BCUT2D eigenvalue weighted by Gasteiger charge is 2.16. The van der Waals surface area contributed by atoms with Gasteiger partial charge in [-0.1, -0.05) is 0 Å². The van der Waals surface area contributed by atoms with E-state index >= 15 is 0 Å². The van der Waals surface area contributed by atoms with E-state index in [2.05, 4.69) is 0 Å². The number of benzene rings is 2. The number of methoxy groups -OCH3 is 2. The first-order valence-corrected chi connectivity index (χ1v) is 5.78. The Morgan fingerprint density at radius 3 is 2.30 bits per heavy atom. The maximum absolute atomic E-state index is 13.8. The third-order valence-electron chi connectivity index (χ3n) is 2.83. The van der Waals surface area contributed by atoms with Gasteiger partial charge in [-0.2, -0.15) is 0 Å². The van der Waals surface area contributed by atoms with Crippen molar-refractivity contribution in [3.05, 3.63) is 59.2 Å². The minimum absolute atomic E-state index is 0.0650. The number of rotatable bonds is 4. The molecule has 0 saturated heterocycles. The molecule has 0 N–H and O–H groups in total. The van der Waals surface area contributed by atoms with Crippen LogP contribution in [0.4, 0.5) is 8.78 Å². The summed E-state index contributed by atoms with van der Waals surface area (Å²) in [4.78, 5) is 12.2. The van der Waals surface area contributed by atoms with Crippen molar-refractivity contribution in [2.45, 2.75) is 0 Å². The van der Waals surface area contributed by atoms with Gasteiger partial charge in [0.25, 0.3) is 0 Å². The van der Waals surface area contributed by atoms with Crippen LogP contribution in [-0.2, 0) is 0 Å². The maximum Gasteiger partial charge on any atom is 0.196 e. The summed E-state index contributed by atoms with van der Waals surface area (Å²) >= 11 is 0. The molecule has 2 aromatic carbocycles. The van der Waals surface area contributed by atoms with Gasteiger partial charge in [-0.05, 0) is 30.3 Å². The zero-order valence-corrected chi connectivity index (χ0v) is 10.9. The topological polar surface area (TPSA) is 35.5 Å². The molecule has 0 heterocycles. The first-order chi connectivity index (χ1) is 9.56. The van der Waals surface area contributed by atoms with Gasteiger partial charge in [0.15, 0.2) is 17.3 Å². The lowest BCUT2D eigenvalue weighted by molar-refractivity contribution is 0.103. The molecule has 0 unspecified atom stereocenters. The summed E-state index contributed by atoms with van der Waals surface area (Å²) in [6.07, 6.45) is 0. The average molecular weight is 278 g/mol. The van der Waals surface area contributed by atoms with E-state index in [0.29, 0.717) is 5.75 Å². The van der Waals surface area contributed by atoms with Gasteiger partial charge >= 0.3 is 0 Å². The summed E-state index contributed by atoms with van der Waals surface area (Å²) in [5.41, 5.74) is 0.0341. The first kappa shape index (κ1) is 14.0. The molecule has 2 aromatic rings. The first-order valence-electron chi connectivity index (χ1n) is 5.78. The Hall–Kier alpha value is -2.43. The summed E-state index contributed by atoms with van der Waals surface area (Å²) in [5, 5.41) is 0. The quantitative estimate of drug-likeness (QED) is 0.806. The number of ketones is 1. The van der Waals surface area contributed by atoms with Crippen molar-refractivity contribution in [2.24, 2.45) is 0 Å². The molecule has 104 valence electrons. The number of ether oxygens (including phenoxy) is 2. The van der Waals surface area contributed by atoms with Crippen molar-refractivity contribution in [1.29, 1.82) is 0 Å². The fourth-order valence-corrected chi connectivity index (χ4v) is 1.76. The number of carbonyl (C=O) groups excluding carboxylic acids is 1. The molecule has 0 aromatic heterocycles. The standard InChI is InChI=1S/C15H12F2O3/c1-19-10-4-5-11(13(17)8-10)15(18)9-3-6-12(16)14(7-9)20-2/h3-8H,1-2H3. The van der Waals surface area contributed by atoms with E-state index < -0.39 is 17.4 Å². The van der Waals surface area contributed by atoms with Crippen LogP contribution in [0, 0.1) is 11.6 Å². The number of halogens is 2. The van der Waals surface area contributed by atoms with Crippen LogP contribution < -0.4 is 9.47 Å². The second kappa shape index (κ2) is 5.69. The highest BCUT2D eigenvalue weighted by Crippen LogP contribution is 2.23. The summed E-state index contributed by atoms with van der Waals surface area (Å²) in [6.45, 7) is 0. The molecule has 0 radical (unpaired) electrons. The molecule has 3 nitrogen and oxygen atoms in total. The van der Waals surface area contributed by atoms with Gasteiger partial charge in [-0.25, -0.2) is 8.78 Å². The monoisotopic (exact) mass is 278 g/mol. The molecule has 0 spiro atoms. The van der Waals surface area contributed by atoms with E-state index in [-0.39, 0.29) is 16.9 Å². The van der Waals surface area contributed by atoms with Crippen molar-refractivity contribution >= 4 is 5.78 Å². The Morgan fingerprint density at radius 1 is 0.950 bits per heavy atom. The van der Waals surface area contributed by atoms with E-state index in [0.717, 1.165) is 12.1 Å². The van der Waals surface area contributed by atoms with Crippen LogP contribution in [0.25, 0.3) is 0 Å². The fraction of sp³-hybridized carbons (Fsp3) is 0.133. The second-order valence-electron chi connectivity index (χ2n) is 4.02. The van der Waals surface area contributed by atoms with Gasteiger partial charge < -0.3 is 9.47 Å². The molecule has 0 aliphatic carbocycles. The Kier molecular flexibility index (Phi) is 3.98. The maximum atomic E-state index is 13.8. The molecule has 0 saturated carbocycles. The summed E-state index contributed by atoms with van der Waals surface area (Å²) in [6, 6.07) is 7.55. The lowest BCUT2D eigenvalue weighted by atomic mass is 10.0. The number of hydrogen-bond donors (Lipinski definition) is 0. The van der Waals surface area contributed by atoms with Crippen LogP contribution in [0.2, 0.25) is 0 Å². The molecule has 0 bridgehead atoms. The van der Waals surface area contributed by atoms with E-state index in [1.807, 2.05) is 0 Å². The normalized spacial score (nSPS) is 10.2. The van der Waals surface area contributed by atoms with E-state index in [4.69, 9.17) is 9.47 Å². The SMILES string of the molecule is COc1ccc(C(=O)c2ccc(F)c(OC)c2)c(F)c1. The van der Waals surface area contributed by atoms with Gasteiger partial charge in [0.05, 0.1) is 19.8 Å². The highest BCUT2D eigenvalue weighted by molar-refractivity contribution is 6.09. The van der Waals surface area contributed by atoms with Crippen LogP contribution in [0.1, 0.15) is 15.9 Å². The molecular weight excluding hydrogens is 266 g/mol. The largest absolute Gasteiger partial charge is 0.497 e. The predicted molar refractivity (Wildman–Crippen MR) is 69.3 cm³/mol. The molecule has 5 heteroatoms. The third kappa shape index (κ3) is 2.61. The molecular formula is C15H12F2O3. The van der Waals surface area contributed by atoms with Crippen molar-refractivity contribution in [2.75, 3.05) is 14.2 Å². The van der Waals surface area contributed by atoms with Crippen molar-refractivity contribution in [3.8, 4) is 11.5 Å². The number of carbonyl (C=O) groups is 1. The Labute approximate surface area is 114 Å². The van der Waals surface area contributed by atoms with Gasteiger partial charge in [0, 0.05) is 11.6 Å². The van der Waals surface area contributed by atoms with Gasteiger partial charge in [0.2, 0.25) is 0 Å². The van der Waals surface area contributed by atoms with Gasteiger partial charge in [-0.15, -0.1) is 0 Å². The minimum atomic E-state index is -0.697. The summed E-state index contributed by atoms with van der Waals surface area (Å²) < 4.78 is 36.8. The van der Waals surface area contributed by atoms with Crippen LogP contribution >= 0.6 is 0 Å². The van der Waals surface area contributed by atoms with Crippen LogP contribution in [-0.4, -0.2) is 20.0 Å². The zero-order valence-electron chi connectivity index (χ0n) is 10.9. The van der Waals surface area contributed by atoms with Crippen molar-refractivity contribution < 1.29 is 23.0 Å². The van der Waals surface area contributed by atoms with E-state index in [1.54, 1.807) is 0 Å². The van der Waals surface area contributed by atoms with Gasteiger partial charge in [0.1, 0.15) is 11.6 Å². The van der Waals surface area contributed by atoms with Crippen molar-refractivity contribution in [3.63, 3.8) is 0 Å². The molecule has 0 aliphatic rings. The zero-order chi connectivity index (χ0) is 14.7. The number of hydrogen-bond acceptors (Lipinski definition) is 3. The molecule has 0 atom stereocenters. The van der Waals surface area contributed by atoms with Crippen LogP contribution in [0.5, 0.6) is 11.5 Å². The fourth-order valence-electron chi connectivity index (χ4n) is 1.76. The van der Waals surface area contributed by atoms with E-state index in [1.165, 1.54) is 38.5 Å². The highest BCUT2D eigenvalue weighted by atomic mass is 19.1. The Bertz CT molecular complexity index is 654. The second-order valence-corrected chi connectivity index (χ2v) is 4.02. The minimum Gasteiger partial charge on any atom is -0.497 e. The van der Waals surface area contributed by atoms with Crippen molar-refractivity contribution in [1.82, 2.24) is 0 Å².